The largest absolute Gasteiger partial charge is 0.207 e. The van der Waals surface area contributed by atoms with Gasteiger partial charge in [0, 0.05) is 20.6 Å². The smallest absolute Gasteiger partial charge is 0.131 e. The van der Waals surface area contributed by atoms with Crippen LogP contribution in [0.25, 0.3) is 0 Å². The molecule has 1 atom stereocenters. The van der Waals surface area contributed by atoms with E-state index in [9.17, 15) is 8.78 Å². The van der Waals surface area contributed by atoms with Crippen LogP contribution in [0.15, 0.2) is 33.2 Å². The Morgan fingerprint density at radius 3 is 2.15 bits per heavy atom. The van der Waals surface area contributed by atoms with E-state index in [-0.39, 0.29) is 5.56 Å². The summed E-state index contributed by atoms with van der Waals surface area (Å²) in [7, 11) is 0. The zero-order valence-electron chi connectivity index (χ0n) is 10.8. The number of benzene rings is 2. The maximum Gasteiger partial charge on any atom is 0.131 e. The SMILES string of the molecule is Cc1cc(C(Cl)c2cc(Br)c(C)cc2Br)c(F)cc1F. The molecule has 0 nitrogen and oxygen atoms in total. The number of hydrogen-bond acceptors (Lipinski definition) is 0. The molecule has 0 spiro atoms. The standard InChI is InChI=1S/C15H11Br2ClF2/c1-7-4-12(17)9(5-11(7)16)15(18)10-3-8(2)13(19)6-14(10)20/h3-6,15H,1-2H3. The van der Waals surface area contributed by atoms with Gasteiger partial charge >= 0.3 is 0 Å². The van der Waals surface area contributed by atoms with Gasteiger partial charge in [0.2, 0.25) is 0 Å². The van der Waals surface area contributed by atoms with Gasteiger partial charge in [-0.1, -0.05) is 31.9 Å². The van der Waals surface area contributed by atoms with Gasteiger partial charge in [-0.2, -0.15) is 0 Å². The third-order valence-corrected chi connectivity index (χ3v) is 5.11. The molecule has 0 saturated heterocycles. The van der Waals surface area contributed by atoms with Gasteiger partial charge < -0.3 is 0 Å². The summed E-state index contributed by atoms with van der Waals surface area (Å²) in [5.74, 6) is -1.21. The number of hydrogen-bond donors (Lipinski definition) is 0. The number of aryl methyl sites for hydroxylation is 2. The van der Waals surface area contributed by atoms with E-state index in [1.807, 2.05) is 19.1 Å². The van der Waals surface area contributed by atoms with Crippen LogP contribution >= 0.6 is 43.5 Å². The summed E-state index contributed by atoms with van der Waals surface area (Å²) in [6.45, 7) is 3.53. The molecule has 0 amide bonds. The Balaban J connectivity index is 2.54. The zero-order chi connectivity index (χ0) is 15.0. The molecule has 5 heteroatoms. The van der Waals surface area contributed by atoms with Crippen LogP contribution in [0.5, 0.6) is 0 Å². The van der Waals surface area contributed by atoms with Crippen molar-refractivity contribution in [1.82, 2.24) is 0 Å². The quantitative estimate of drug-likeness (QED) is 0.487. The molecule has 20 heavy (non-hydrogen) atoms. The predicted molar refractivity (Wildman–Crippen MR) is 85.4 cm³/mol. The molecule has 106 valence electrons. The molecule has 0 aromatic heterocycles. The minimum atomic E-state index is -0.694. The first kappa shape index (κ1) is 15.9. The molecule has 0 aliphatic rings. The number of alkyl halides is 1. The number of rotatable bonds is 2. The Bertz CT molecular complexity index is 614. The molecule has 0 heterocycles. The van der Waals surface area contributed by atoms with E-state index in [1.54, 1.807) is 6.92 Å². The lowest BCUT2D eigenvalue weighted by Crippen LogP contribution is -2.01. The van der Waals surface area contributed by atoms with Crippen molar-refractivity contribution in [1.29, 1.82) is 0 Å². The lowest BCUT2D eigenvalue weighted by molar-refractivity contribution is 0.568. The highest BCUT2D eigenvalue weighted by Crippen LogP contribution is 2.38. The Kier molecular flexibility index (Phi) is 4.88. The molecule has 0 N–H and O–H groups in total. The topological polar surface area (TPSA) is 0 Å². The summed E-state index contributed by atoms with van der Waals surface area (Å²) >= 11 is 13.2. The van der Waals surface area contributed by atoms with Crippen LogP contribution in [0, 0.1) is 25.5 Å². The lowest BCUT2D eigenvalue weighted by Gasteiger charge is -2.16. The molecule has 2 rings (SSSR count). The van der Waals surface area contributed by atoms with E-state index in [4.69, 9.17) is 11.6 Å². The van der Waals surface area contributed by atoms with Gasteiger partial charge in [-0.15, -0.1) is 11.6 Å². The molecule has 0 bridgehead atoms. The van der Waals surface area contributed by atoms with Gasteiger partial charge in [0.1, 0.15) is 11.6 Å². The summed E-state index contributed by atoms with van der Waals surface area (Å²) in [5.41, 5.74) is 2.41. The zero-order valence-corrected chi connectivity index (χ0v) is 14.7. The van der Waals surface area contributed by atoms with Gasteiger partial charge in [-0.3, -0.25) is 0 Å². The van der Waals surface area contributed by atoms with Crippen LogP contribution in [0.3, 0.4) is 0 Å². The van der Waals surface area contributed by atoms with Crippen molar-refractivity contribution in [3.05, 3.63) is 67.1 Å². The van der Waals surface area contributed by atoms with Crippen LogP contribution in [0.2, 0.25) is 0 Å². The number of halogens is 5. The molecule has 0 aliphatic heterocycles. The normalized spacial score (nSPS) is 12.6. The van der Waals surface area contributed by atoms with Crippen molar-refractivity contribution in [3.63, 3.8) is 0 Å². The molecule has 2 aromatic rings. The fourth-order valence-corrected chi connectivity index (χ4v) is 3.42. The molecule has 0 fully saturated rings. The summed E-state index contributed by atoms with van der Waals surface area (Å²) in [4.78, 5) is 0. The summed E-state index contributed by atoms with van der Waals surface area (Å²) < 4.78 is 28.9. The average Bonchev–Trinajstić information content (AvgIpc) is 2.37. The molecule has 0 aliphatic carbocycles. The van der Waals surface area contributed by atoms with E-state index in [0.29, 0.717) is 5.56 Å². The Morgan fingerprint density at radius 1 is 0.850 bits per heavy atom. The molecule has 1 unspecified atom stereocenters. The first-order chi connectivity index (χ1) is 9.31. The lowest BCUT2D eigenvalue weighted by atomic mass is 10.0. The second-order valence-electron chi connectivity index (χ2n) is 4.61. The first-order valence-electron chi connectivity index (χ1n) is 5.86. The van der Waals surface area contributed by atoms with E-state index in [2.05, 4.69) is 31.9 Å². The fraction of sp³-hybridized carbons (Fsp3) is 0.200. The highest BCUT2D eigenvalue weighted by atomic mass is 79.9. The van der Waals surface area contributed by atoms with Crippen molar-refractivity contribution < 1.29 is 8.78 Å². The maximum absolute atomic E-state index is 13.9. The van der Waals surface area contributed by atoms with Crippen LogP contribution in [-0.4, -0.2) is 0 Å². The van der Waals surface area contributed by atoms with E-state index in [0.717, 1.165) is 26.1 Å². The highest BCUT2D eigenvalue weighted by molar-refractivity contribution is 9.11. The van der Waals surface area contributed by atoms with Gasteiger partial charge in [0.25, 0.3) is 0 Å². The molecule has 0 radical (unpaired) electrons. The third kappa shape index (κ3) is 3.07. The van der Waals surface area contributed by atoms with E-state index >= 15 is 0 Å². The Labute approximate surface area is 138 Å². The summed E-state index contributed by atoms with van der Waals surface area (Å²) in [6, 6.07) is 6.07. The molecule has 0 saturated carbocycles. The first-order valence-corrected chi connectivity index (χ1v) is 7.88. The predicted octanol–water partition coefficient (Wildman–Crippen LogP) is 6.43. The third-order valence-electron chi connectivity index (χ3n) is 3.10. The van der Waals surface area contributed by atoms with Gasteiger partial charge in [-0.05, 0) is 48.7 Å². The molecular formula is C15H11Br2ClF2. The van der Waals surface area contributed by atoms with Gasteiger partial charge in [-0.25, -0.2) is 8.78 Å². The van der Waals surface area contributed by atoms with Crippen LogP contribution in [0.4, 0.5) is 8.78 Å². The average molecular weight is 425 g/mol. The molecular weight excluding hydrogens is 413 g/mol. The van der Waals surface area contributed by atoms with Gasteiger partial charge in [0.15, 0.2) is 0 Å². The minimum Gasteiger partial charge on any atom is -0.207 e. The Hall–Kier alpha value is -0.450. The monoisotopic (exact) mass is 422 g/mol. The van der Waals surface area contributed by atoms with Crippen molar-refractivity contribution in [2.75, 3.05) is 0 Å². The van der Waals surface area contributed by atoms with E-state index in [1.165, 1.54) is 6.07 Å². The van der Waals surface area contributed by atoms with E-state index < -0.39 is 17.0 Å². The van der Waals surface area contributed by atoms with Crippen LogP contribution in [0.1, 0.15) is 27.6 Å². The fourth-order valence-electron chi connectivity index (χ4n) is 1.90. The van der Waals surface area contributed by atoms with Crippen LogP contribution in [-0.2, 0) is 0 Å². The second kappa shape index (κ2) is 6.12. The second-order valence-corrected chi connectivity index (χ2v) is 6.75. The Morgan fingerprint density at radius 2 is 1.50 bits per heavy atom. The van der Waals surface area contributed by atoms with Crippen LogP contribution < -0.4 is 0 Å². The van der Waals surface area contributed by atoms with Crippen molar-refractivity contribution in [3.8, 4) is 0 Å². The van der Waals surface area contributed by atoms with Crippen molar-refractivity contribution >= 4 is 43.5 Å². The van der Waals surface area contributed by atoms with Crippen molar-refractivity contribution in [2.24, 2.45) is 0 Å². The minimum absolute atomic E-state index is 0.266. The molecule has 2 aromatic carbocycles. The van der Waals surface area contributed by atoms with Crippen molar-refractivity contribution in [2.45, 2.75) is 19.2 Å². The maximum atomic E-state index is 13.9. The van der Waals surface area contributed by atoms with Gasteiger partial charge in [0.05, 0.1) is 5.38 Å². The summed E-state index contributed by atoms with van der Waals surface area (Å²) in [5, 5.41) is -0.694. The summed E-state index contributed by atoms with van der Waals surface area (Å²) in [6.07, 6.45) is 0. The highest BCUT2D eigenvalue weighted by Gasteiger charge is 2.20.